The van der Waals surface area contributed by atoms with Crippen LogP contribution in [0.5, 0.6) is 5.75 Å². The second-order valence-electron chi connectivity index (χ2n) is 2.77. The highest BCUT2D eigenvalue weighted by Crippen LogP contribution is 2.29. The smallest absolute Gasteiger partial charge is 0.339 e. The van der Waals surface area contributed by atoms with Crippen molar-refractivity contribution >= 4 is 37.8 Å². The molecule has 15 heavy (non-hydrogen) atoms. The third-order valence-electron chi connectivity index (χ3n) is 1.91. The summed E-state index contributed by atoms with van der Waals surface area (Å²) in [7, 11) is 2.91. The SMILES string of the molecule is COC(=O)c1cc(OC)cc(CBr)c1Br. The second kappa shape index (κ2) is 5.51. The molecule has 0 aliphatic rings. The largest absolute Gasteiger partial charge is 0.497 e. The molecule has 0 aliphatic heterocycles. The van der Waals surface area contributed by atoms with Gasteiger partial charge < -0.3 is 9.47 Å². The zero-order valence-electron chi connectivity index (χ0n) is 8.34. The van der Waals surface area contributed by atoms with E-state index in [1.807, 2.05) is 6.07 Å². The molecule has 0 unspecified atom stereocenters. The number of carbonyl (C=O) groups excluding carboxylic acids is 1. The van der Waals surface area contributed by atoms with Gasteiger partial charge in [-0.25, -0.2) is 4.79 Å². The van der Waals surface area contributed by atoms with Gasteiger partial charge in [-0.1, -0.05) is 15.9 Å². The minimum Gasteiger partial charge on any atom is -0.497 e. The quantitative estimate of drug-likeness (QED) is 0.628. The molecule has 0 spiro atoms. The number of carbonyl (C=O) groups is 1. The van der Waals surface area contributed by atoms with Crippen LogP contribution >= 0.6 is 31.9 Å². The highest BCUT2D eigenvalue weighted by molar-refractivity contribution is 9.10. The molecule has 0 saturated carbocycles. The molecule has 0 aromatic heterocycles. The highest BCUT2D eigenvalue weighted by Gasteiger charge is 2.15. The van der Waals surface area contributed by atoms with E-state index in [4.69, 9.17) is 4.74 Å². The summed E-state index contributed by atoms with van der Waals surface area (Å²) in [5, 5.41) is 0.634. The van der Waals surface area contributed by atoms with E-state index in [1.165, 1.54) is 7.11 Å². The molecule has 82 valence electrons. The summed E-state index contributed by atoms with van der Waals surface area (Å²) in [5.74, 6) is 0.246. The average Bonchev–Trinajstić information content (AvgIpc) is 2.28. The van der Waals surface area contributed by atoms with Crippen molar-refractivity contribution in [3.8, 4) is 5.75 Å². The Bertz CT molecular complexity index is 377. The number of esters is 1. The second-order valence-corrected chi connectivity index (χ2v) is 4.13. The van der Waals surface area contributed by atoms with E-state index in [9.17, 15) is 4.79 Å². The molecule has 0 aliphatic carbocycles. The molecule has 3 nitrogen and oxygen atoms in total. The Labute approximate surface area is 105 Å². The lowest BCUT2D eigenvalue weighted by Crippen LogP contribution is -2.04. The van der Waals surface area contributed by atoms with E-state index in [0.29, 0.717) is 16.6 Å². The van der Waals surface area contributed by atoms with Crippen LogP contribution in [0.3, 0.4) is 0 Å². The summed E-state index contributed by atoms with van der Waals surface area (Å²) >= 11 is 6.70. The topological polar surface area (TPSA) is 35.5 Å². The maximum atomic E-state index is 11.4. The summed E-state index contributed by atoms with van der Waals surface area (Å²) in [6.07, 6.45) is 0. The minimum absolute atomic E-state index is 0.386. The first kappa shape index (κ1) is 12.5. The van der Waals surface area contributed by atoms with Crippen molar-refractivity contribution in [2.24, 2.45) is 0 Å². The Morgan fingerprint density at radius 1 is 1.40 bits per heavy atom. The van der Waals surface area contributed by atoms with Crippen molar-refractivity contribution in [2.45, 2.75) is 5.33 Å². The number of methoxy groups -OCH3 is 2. The molecular weight excluding hydrogens is 328 g/mol. The van der Waals surface area contributed by atoms with Crippen molar-refractivity contribution in [3.63, 3.8) is 0 Å². The van der Waals surface area contributed by atoms with Crippen LogP contribution in [-0.2, 0) is 10.1 Å². The summed E-state index contributed by atoms with van der Waals surface area (Å²) < 4.78 is 10.5. The van der Waals surface area contributed by atoms with Gasteiger partial charge in [0.25, 0.3) is 0 Å². The molecule has 0 saturated heterocycles. The summed E-state index contributed by atoms with van der Waals surface area (Å²) in [6.45, 7) is 0. The van der Waals surface area contributed by atoms with Gasteiger partial charge in [-0.2, -0.15) is 0 Å². The summed E-state index contributed by atoms with van der Waals surface area (Å²) in [6, 6.07) is 3.49. The number of halogens is 2. The zero-order chi connectivity index (χ0) is 11.4. The van der Waals surface area contributed by atoms with Crippen LogP contribution in [0, 0.1) is 0 Å². The Kier molecular flexibility index (Phi) is 4.60. The summed E-state index contributed by atoms with van der Waals surface area (Å²) in [5.41, 5.74) is 1.40. The Morgan fingerprint density at radius 2 is 2.07 bits per heavy atom. The van der Waals surface area contributed by atoms with Gasteiger partial charge >= 0.3 is 5.97 Å². The molecule has 0 fully saturated rings. The van der Waals surface area contributed by atoms with Gasteiger partial charge in [0, 0.05) is 9.80 Å². The maximum Gasteiger partial charge on any atom is 0.339 e. The number of alkyl halides is 1. The van der Waals surface area contributed by atoms with Crippen LogP contribution in [0.4, 0.5) is 0 Å². The van der Waals surface area contributed by atoms with E-state index in [-0.39, 0.29) is 5.97 Å². The van der Waals surface area contributed by atoms with Gasteiger partial charge in [0.1, 0.15) is 5.75 Å². The van der Waals surface area contributed by atoms with Crippen LogP contribution in [0.25, 0.3) is 0 Å². The van der Waals surface area contributed by atoms with Crippen molar-refractivity contribution in [1.82, 2.24) is 0 Å². The van der Waals surface area contributed by atoms with Gasteiger partial charge in [0.05, 0.1) is 19.8 Å². The van der Waals surface area contributed by atoms with Crippen molar-refractivity contribution in [2.75, 3.05) is 14.2 Å². The van der Waals surface area contributed by atoms with Crippen molar-refractivity contribution in [3.05, 3.63) is 27.7 Å². The first-order valence-electron chi connectivity index (χ1n) is 4.14. The van der Waals surface area contributed by atoms with Gasteiger partial charge in [0.15, 0.2) is 0 Å². The molecule has 1 aromatic rings. The predicted molar refractivity (Wildman–Crippen MR) is 64.7 cm³/mol. The highest BCUT2D eigenvalue weighted by atomic mass is 79.9. The summed E-state index contributed by atoms with van der Waals surface area (Å²) in [4.78, 5) is 11.4. The van der Waals surface area contributed by atoms with Gasteiger partial charge in [-0.05, 0) is 33.6 Å². The zero-order valence-corrected chi connectivity index (χ0v) is 11.5. The fourth-order valence-corrected chi connectivity index (χ4v) is 2.48. The minimum atomic E-state index is -0.386. The van der Waals surface area contributed by atoms with Crippen LogP contribution in [-0.4, -0.2) is 20.2 Å². The molecule has 0 radical (unpaired) electrons. The Morgan fingerprint density at radius 3 is 2.53 bits per heavy atom. The first-order valence-corrected chi connectivity index (χ1v) is 6.06. The molecule has 1 aromatic carbocycles. The number of rotatable bonds is 3. The monoisotopic (exact) mass is 336 g/mol. The molecule has 1 rings (SSSR count). The molecule has 5 heteroatoms. The van der Waals surface area contributed by atoms with E-state index in [1.54, 1.807) is 13.2 Å². The van der Waals surface area contributed by atoms with E-state index in [2.05, 4.69) is 36.6 Å². The van der Waals surface area contributed by atoms with Crippen LogP contribution in [0.15, 0.2) is 16.6 Å². The Balaban J connectivity index is 3.30. The fourth-order valence-electron chi connectivity index (χ4n) is 1.13. The lowest BCUT2D eigenvalue weighted by Gasteiger charge is -2.09. The molecule has 0 bridgehead atoms. The molecular formula is C10H10Br2O3. The maximum absolute atomic E-state index is 11.4. The van der Waals surface area contributed by atoms with Crippen LogP contribution < -0.4 is 4.74 Å². The molecule has 0 N–H and O–H groups in total. The Hall–Kier alpha value is -0.550. The number of hydrogen-bond donors (Lipinski definition) is 0. The first-order chi connectivity index (χ1) is 7.13. The number of hydrogen-bond acceptors (Lipinski definition) is 3. The van der Waals surface area contributed by atoms with E-state index < -0.39 is 0 Å². The molecule has 0 amide bonds. The van der Waals surface area contributed by atoms with Gasteiger partial charge in [-0.15, -0.1) is 0 Å². The lowest BCUT2D eigenvalue weighted by atomic mass is 10.1. The van der Waals surface area contributed by atoms with E-state index in [0.717, 1.165) is 10.0 Å². The van der Waals surface area contributed by atoms with Crippen molar-refractivity contribution < 1.29 is 14.3 Å². The van der Waals surface area contributed by atoms with Crippen LogP contribution in [0.1, 0.15) is 15.9 Å². The normalized spacial score (nSPS) is 9.87. The lowest BCUT2D eigenvalue weighted by molar-refractivity contribution is 0.0599. The third-order valence-corrected chi connectivity index (χ3v) is 3.45. The van der Waals surface area contributed by atoms with Gasteiger partial charge in [0.2, 0.25) is 0 Å². The van der Waals surface area contributed by atoms with E-state index >= 15 is 0 Å². The van der Waals surface area contributed by atoms with Crippen molar-refractivity contribution in [1.29, 1.82) is 0 Å². The molecule has 0 heterocycles. The third kappa shape index (κ3) is 2.72. The predicted octanol–water partition coefficient (Wildman–Crippen LogP) is 3.14. The average molecular weight is 338 g/mol. The number of ether oxygens (including phenoxy) is 2. The standard InChI is InChI=1S/C10H10Br2O3/c1-14-7-3-6(5-11)9(12)8(4-7)10(13)15-2/h3-4H,5H2,1-2H3. The fraction of sp³-hybridized carbons (Fsp3) is 0.300. The van der Waals surface area contributed by atoms with Crippen LogP contribution in [0.2, 0.25) is 0 Å². The molecule has 0 atom stereocenters. The van der Waals surface area contributed by atoms with Gasteiger partial charge in [-0.3, -0.25) is 0 Å². The number of benzene rings is 1.